The Bertz CT molecular complexity index is 727. The first-order valence-electron chi connectivity index (χ1n) is 8.33. The predicted octanol–water partition coefficient (Wildman–Crippen LogP) is 2.18. The Balaban J connectivity index is 1.75. The molecule has 0 amide bonds. The number of benzene rings is 1. The summed E-state index contributed by atoms with van der Waals surface area (Å²) < 4.78 is 7.82. The van der Waals surface area contributed by atoms with Gasteiger partial charge in [0.15, 0.2) is 0 Å². The summed E-state index contributed by atoms with van der Waals surface area (Å²) in [5.41, 5.74) is 1.82. The lowest BCUT2D eigenvalue weighted by Crippen LogP contribution is -2.32. The minimum absolute atomic E-state index is 0.276. The topological polar surface area (TPSA) is 67.0 Å². The van der Waals surface area contributed by atoms with Gasteiger partial charge in [-0.2, -0.15) is 5.26 Å². The molecule has 0 N–H and O–H groups in total. The quantitative estimate of drug-likeness (QED) is 0.814. The monoisotopic (exact) mass is 325 g/mol. The number of hydrogen-bond acceptors (Lipinski definition) is 5. The van der Waals surface area contributed by atoms with E-state index in [0.717, 1.165) is 49.8 Å². The largest absolute Gasteiger partial charge is 0.377 e. The third kappa shape index (κ3) is 3.99. The van der Waals surface area contributed by atoms with Gasteiger partial charge in [-0.05, 0) is 37.5 Å². The summed E-state index contributed by atoms with van der Waals surface area (Å²) in [6, 6.07) is 9.98. The molecule has 1 aromatic carbocycles. The number of nitrogens with zero attached hydrogens (tertiary/aromatic N) is 5. The molecule has 0 spiro atoms. The van der Waals surface area contributed by atoms with Crippen LogP contribution in [0.15, 0.2) is 24.3 Å². The molecule has 1 aromatic heterocycles. The molecule has 0 radical (unpaired) electrons. The van der Waals surface area contributed by atoms with E-state index in [1.54, 1.807) is 0 Å². The van der Waals surface area contributed by atoms with Crippen LogP contribution in [0.1, 0.15) is 35.6 Å². The predicted molar refractivity (Wildman–Crippen MR) is 90.0 cm³/mol. The van der Waals surface area contributed by atoms with Gasteiger partial charge in [0.05, 0.1) is 24.3 Å². The molecule has 1 unspecified atom stereocenters. The fraction of sp³-hybridized carbons (Fsp3) is 0.500. The maximum Gasteiger partial charge on any atom is 0.146 e. The lowest BCUT2D eigenvalue weighted by atomic mass is 10.1. The van der Waals surface area contributed by atoms with Gasteiger partial charge in [0.2, 0.25) is 0 Å². The Kier molecular flexibility index (Phi) is 5.24. The van der Waals surface area contributed by atoms with Crippen molar-refractivity contribution in [1.29, 1.82) is 5.26 Å². The fourth-order valence-corrected chi connectivity index (χ4v) is 3.05. The minimum Gasteiger partial charge on any atom is -0.377 e. The van der Waals surface area contributed by atoms with Gasteiger partial charge >= 0.3 is 0 Å². The van der Waals surface area contributed by atoms with E-state index in [4.69, 9.17) is 10.00 Å². The van der Waals surface area contributed by atoms with E-state index < -0.39 is 0 Å². The summed E-state index contributed by atoms with van der Waals surface area (Å²) in [5.74, 6) is 1.86. The van der Waals surface area contributed by atoms with Crippen LogP contribution in [0.5, 0.6) is 0 Å². The third-order valence-corrected chi connectivity index (χ3v) is 4.50. The van der Waals surface area contributed by atoms with Crippen LogP contribution in [0, 0.1) is 18.3 Å². The molecule has 3 rings (SSSR count). The maximum atomic E-state index is 9.10. The highest BCUT2D eigenvalue weighted by molar-refractivity contribution is 5.32. The average Bonchev–Trinajstić information content (AvgIpc) is 3.20. The molecule has 0 bridgehead atoms. The van der Waals surface area contributed by atoms with Gasteiger partial charge in [-0.1, -0.05) is 12.1 Å². The third-order valence-electron chi connectivity index (χ3n) is 4.50. The van der Waals surface area contributed by atoms with Crippen molar-refractivity contribution in [2.24, 2.45) is 7.05 Å². The summed E-state index contributed by atoms with van der Waals surface area (Å²) in [6.45, 7) is 5.15. The van der Waals surface area contributed by atoms with Crippen LogP contribution in [0.4, 0.5) is 0 Å². The first-order chi connectivity index (χ1) is 11.7. The standard InChI is InChI=1S/C18H23N5O/c1-14-20-21-18(22(14)2)13-23(12-17-7-4-8-24-17)11-16-6-3-5-15(9-16)10-19/h3,5-6,9,17H,4,7-8,11-13H2,1-2H3. The van der Waals surface area contributed by atoms with Crippen LogP contribution in [0.25, 0.3) is 0 Å². The molecule has 0 aliphatic carbocycles. The Morgan fingerprint density at radius 2 is 2.25 bits per heavy atom. The summed E-state index contributed by atoms with van der Waals surface area (Å²) in [4.78, 5) is 2.33. The Labute approximate surface area is 142 Å². The second-order valence-corrected chi connectivity index (χ2v) is 6.34. The van der Waals surface area contributed by atoms with Crippen LogP contribution in [0.2, 0.25) is 0 Å². The van der Waals surface area contributed by atoms with Gasteiger partial charge in [0.25, 0.3) is 0 Å². The zero-order valence-corrected chi connectivity index (χ0v) is 14.3. The van der Waals surface area contributed by atoms with Gasteiger partial charge < -0.3 is 9.30 Å². The van der Waals surface area contributed by atoms with Crippen molar-refractivity contribution >= 4 is 0 Å². The molecule has 1 fully saturated rings. The lowest BCUT2D eigenvalue weighted by molar-refractivity contribution is 0.0666. The maximum absolute atomic E-state index is 9.10. The number of rotatable bonds is 6. The molecular weight excluding hydrogens is 302 g/mol. The Morgan fingerprint density at radius 1 is 1.38 bits per heavy atom. The first kappa shape index (κ1) is 16.6. The average molecular weight is 325 g/mol. The van der Waals surface area contributed by atoms with Gasteiger partial charge in [0.1, 0.15) is 11.6 Å². The van der Waals surface area contributed by atoms with Crippen LogP contribution in [-0.2, 0) is 24.9 Å². The summed E-state index contributed by atoms with van der Waals surface area (Å²) in [7, 11) is 1.99. The molecule has 1 saturated heterocycles. The van der Waals surface area contributed by atoms with Crippen molar-refractivity contribution in [2.45, 2.75) is 39.0 Å². The van der Waals surface area contributed by atoms with Crippen LogP contribution >= 0.6 is 0 Å². The highest BCUT2D eigenvalue weighted by atomic mass is 16.5. The number of aryl methyl sites for hydroxylation is 1. The zero-order chi connectivity index (χ0) is 16.9. The molecule has 24 heavy (non-hydrogen) atoms. The normalized spacial score (nSPS) is 17.3. The first-order valence-corrected chi connectivity index (χ1v) is 8.33. The smallest absolute Gasteiger partial charge is 0.146 e. The van der Waals surface area contributed by atoms with Crippen molar-refractivity contribution in [3.05, 3.63) is 47.0 Å². The molecule has 1 aliphatic rings. The lowest BCUT2D eigenvalue weighted by Gasteiger charge is -2.25. The van der Waals surface area contributed by atoms with Crippen LogP contribution in [0.3, 0.4) is 0 Å². The van der Waals surface area contributed by atoms with E-state index >= 15 is 0 Å². The number of ether oxygens (including phenoxy) is 1. The van der Waals surface area contributed by atoms with Crippen molar-refractivity contribution < 1.29 is 4.74 Å². The molecule has 0 saturated carbocycles. The summed E-state index contributed by atoms with van der Waals surface area (Å²) in [5, 5.41) is 17.5. The number of nitriles is 1. The second kappa shape index (κ2) is 7.56. The molecule has 126 valence electrons. The summed E-state index contributed by atoms with van der Waals surface area (Å²) in [6.07, 6.45) is 2.51. The van der Waals surface area contributed by atoms with E-state index in [9.17, 15) is 0 Å². The van der Waals surface area contributed by atoms with Gasteiger partial charge in [-0.3, -0.25) is 4.90 Å². The fourth-order valence-electron chi connectivity index (χ4n) is 3.05. The molecule has 2 aromatic rings. The number of hydrogen-bond donors (Lipinski definition) is 0. The van der Waals surface area contributed by atoms with Gasteiger partial charge in [-0.25, -0.2) is 0 Å². The van der Waals surface area contributed by atoms with Gasteiger partial charge in [0, 0.05) is 26.7 Å². The molecular formula is C18H23N5O. The highest BCUT2D eigenvalue weighted by Gasteiger charge is 2.21. The van der Waals surface area contributed by atoms with Crippen molar-refractivity contribution in [3.63, 3.8) is 0 Å². The molecule has 2 heterocycles. The highest BCUT2D eigenvalue weighted by Crippen LogP contribution is 2.17. The molecule has 6 heteroatoms. The van der Waals surface area contributed by atoms with E-state index in [-0.39, 0.29) is 6.10 Å². The molecule has 6 nitrogen and oxygen atoms in total. The van der Waals surface area contributed by atoms with Crippen molar-refractivity contribution in [2.75, 3.05) is 13.2 Å². The second-order valence-electron chi connectivity index (χ2n) is 6.34. The van der Waals surface area contributed by atoms with E-state index in [0.29, 0.717) is 12.1 Å². The number of aromatic nitrogens is 3. The van der Waals surface area contributed by atoms with E-state index in [2.05, 4.69) is 27.2 Å². The van der Waals surface area contributed by atoms with Crippen molar-refractivity contribution in [3.8, 4) is 6.07 Å². The van der Waals surface area contributed by atoms with Gasteiger partial charge in [-0.15, -0.1) is 10.2 Å². The van der Waals surface area contributed by atoms with E-state index in [1.807, 2.05) is 36.7 Å². The SMILES string of the molecule is Cc1nnc(CN(Cc2cccc(C#N)c2)CC2CCCO2)n1C. The Hall–Kier alpha value is -2.23. The molecule has 1 atom stereocenters. The summed E-state index contributed by atoms with van der Waals surface area (Å²) >= 11 is 0. The zero-order valence-electron chi connectivity index (χ0n) is 14.3. The molecule has 1 aliphatic heterocycles. The van der Waals surface area contributed by atoms with Crippen LogP contribution in [-0.4, -0.2) is 38.9 Å². The Morgan fingerprint density at radius 3 is 2.92 bits per heavy atom. The van der Waals surface area contributed by atoms with E-state index in [1.165, 1.54) is 0 Å². The van der Waals surface area contributed by atoms with Crippen LogP contribution < -0.4 is 0 Å². The minimum atomic E-state index is 0.276. The van der Waals surface area contributed by atoms with Crippen molar-refractivity contribution in [1.82, 2.24) is 19.7 Å².